The Hall–Kier alpha value is -2.24. The molecule has 0 aromatic carbocycles. The maximum Gasteiger partial charge on any atom is 0.358 e. The fourth-order valence-corrected chi connectivity index (χ4v) is 1.28. The van der Waals surface area contributed by atoms with Crippen LogP contribution in [0.15, 0.2) is 22.9 Å². The summed E-state index contributed by atoms with van der Waals surface area (Å²) in [4.78, 5) is 14.5. The molecule has 0 aliphatic heterocycles. The summed E-state index contributed by atoms with van der Waals surface area (Å²) in [6.45, 7) is 1.56. The van der Waals surface area contributed by atoms with Crippen LogP contribution in [-0.2, 0) is 0 Å². The Kier molecular flexibility index (Phi) is 2.40. The van der Waals surface area contributed by atoms with Crippen molar-refractivity contribution in [2.24, 2.45) is 0 Å². The van der Waals surface area contributed by atoms with Crippen molar-refractivity contribution < 1.29 is 18.8 Å². The van der Waals surface area contributed by atoms with Gasteiger partial charge in [0.2, 0.25) is 0 Å². The van der Waals surface area contributed by atoms with Gasteiger partial charge in [0.25, 0.3) is 0 Å². The Morgan fingerprint density at radius 2 is 2.25 bits per heavy atom. The van der Waals surface area contributed by atoms with Gasteiger partial charge in [-0.15, -0.1) is 0 Å². The zero-order chi connectivity index (χ0) is 11.7. The smallest absolute Gasteiger partial charge is 0.358 e. The van der Waals surface area contributed by atoms with Crippen LogP contribution in [0, 0.1) is 12.7 Å². The molecule has 2 rings (SSSR count). The molecule has 0 saturated carbocycles. The van der Waals surface area contributed by atoms with E-state index < -0.39 is 11.8 Å². The summed E-state index contributed by atoms with van der Waals surface area (Å²) in [6, 6.07) is 2.61. The summed E-state index contributed by atoms with van der Waals surface area (Å²) in [5, 5.41) is 12.2. The molecule has 6 heteroatoms. The van der Waals surface area contributed by atoms with E-state index in [-0.39, 0.29) is 11.5 Å². The zero-order valence-corrected chi connectivity index (χ0v) is 8.27. The van der Waals surface area contributed by atoms with Crippen LogP contribution in [0.25, 0.3) is 11.5 Å². The van der Waals surface area contributed by atoms with Crippen molar-refractivity contribution in [3.8, 4) is 11.5 Å². The molecule has 0 spiro atoms. The number of rotatable bonds is 2. The predicted octanol–water partition coefficient (Wildman–Crippen LogP) is 1.88. The van der Waals surface area contributed by atoms with E-state index in [1.807, 2.05) is 0 Å². The molecule has 0 saturated heterocycles. The molecule has 2 aromatic rings. The van der Waals surface area contributed by atoms with E-state index >= 15 is 0 Å². The largest absolute Gasteiger partial charge is 0.476 e. The molecule has 0 unspecified atom stereocenters. The number of nitrogens with zero attached hydrogens (tertiary/aromatic N) is 2. The van der Waals surface area contributed by atoms with Gasteiger partial charge in [-0.05, 0) is 19.1 Å². The first-order valence-corrected chi connectivity index (χ1v) is 4.41. The molecule has 1 N–H and O–H groups in total. The summed E-state index contributed by atoms with van der Waals surface area (Å²) in [5.41, 5.74) is 0.548. The first-order valence-electron chi connectivity index (χ1n) is 4.41. The number of halogens is 1. The van der Waals surface area contributed by atoms with Crippen molar-refractivity contribution >= 4 is 5.97 Å². The molecular formula is C10H7FN2O3. The number of carboxylic acids is 1. The number of hydrogen-bond acceptors (Lipinski definition) is 4. The Balaban J connectivity index is 2.49. The molecule has 2 heterocycles. The quantitative estimate of drug-likeness (QED) is 0.839. The van der Waals surface area contributed by atoms with Gasteiger partial charge >= 0.3 is 5.97 Å². The summed E-state index contributed by atoms with van der Waals surface area (Å²) in [7, 11) is 0. The SMILES string of the molecule is Cc1c(C(=O)O)noc1-c1ccc(F)cn1. The van der Waals surface area contributed by atoms with E-state index in [1.165, 1.54) is 12.1 Å². The second-order valence-corrected chi connectivity index (χ2v) is 3.15. The highest BCUT2D eigenvalue weighted by molar-refractivity contribution is 5.88. The van der Waals surface area contributed by atoms with Crippen LogP contribution in [0.5, 0.6) is 0 Å². The van der Waals surface area contributed by atoms with E-state index in [9.17, 15) is 9.18 Å². The zero-order valence-electron chi connectivity index (χ0n) is 8.27. The average molecular weight is 222 g/mol. The van der Waals surface area contributed by atoms with Crippen molar-refractivity contribution in [3.63, 3.8) is 0 Å². The Bertz CT molecular complexity index is 533. The maximum absolute atomic E-state index is 12.6. The normalized spacial score (nSPS) is 10.4. The monoisotopic (exact) mass is 222 g/mol. The third kappa shape index (κ3) is 1.65. The third-order valence-corrected chi connectivity index (χ3v) is 2.09. The number of carbonyl (C=O) groups is 1. The standard InChI is InChI=1S/C10H7FN2O3/c1-5-8(10(14)15)13-16-9(5)7-3-2-6(11)4-12-7/h2-4H,1H3,(H,14,15). The molecule has 0 bridgehead atoms. The van der Waals surface area contributed by atoms with E-state index in [1.54, 1.807) is 6.92 Å². The molecule has 0 aliphatic carbocycles. The van der Waals surface area contributed by atoms with Gasteiger partial charge in [0.05, 0.1) is 6.20 Å². The molecule has 0 amide bonds. The van der Waals surface area contributed by atoms with Crippen molar-refractivity contribution in [1.82, 2.24) is 10.1 Å². The van der Waals surface area contributed by atoms with Crippen molar-refractivity contribution in [3.05, 3.63) is 35.4 Å². The van der Waals surface area contributed by atoms with Crippen LogP contribution < -0.4 is 0 Å². The van der Waals surface area contributed by atoms with E-state index in [2.05, 4.69) is 10.1 Å². The number of carboxylic acid groups (broad SMARTS) is 1. The van der Waals surface area contributed by atoms with E-state index in [0.29, 0.717) is 11.3 Å². The summed E-state index contributed by atoms with van der Waals surface area (Å²) < 4.78 is 17.5. The van der Waals surface area contributed by atoms with Crippen LogP contribution in [0.4, 0.5) is 4.39 Å². The first-order chi connectivity index (χ1) is 7.59. The first kappa shape index (κ1) is 10.3. The lowest BCUT2D eigenvalue weighted by atomic mass is 10.1. The molecule has 2 aromatic heterocycles. The lowest BCUT2D eigenvalue weighted by molar-refractivity contribution is 0.0685. The van der Waals surface area contributed by atoms with Gasteiger partial charge in [-0.2, -0.15) is 0 Å². The maximum atomic E-state index is 12.6. The summed E-state index contributed by atoms with van der Waals surface area (Å²) >= 11 is 0. The molecule has 16 heavy (non-hydrogen) atoms. The fraction of sp³-hybridized carbons (Fsp3) is 0.100. The van der Waals surface area contributed by atoms with Gasteiger partial charge in [0, 0.05) is 5.56 Å². The minimum Gasteiger partial charge on any atom is -0.476 e. The van der Waals surface area contributed by atoms with Crippen LogP contribution in [0.2, 0.25) is 0 Å². The van der Waals surface area contributed by atoms with Crippen molar-refractivity contribution in [2.75, 3.05) is 0 Å². The molecule has 0 radical (unpaired) electrons. The van der Waals surface area contributed by atoms with E-state index in [0.717, 1.165) is 6.20 Å². The highest BCUT2D eigenvalue weighted by Crippen LogP contribution is 2.23. The van der Waals surface area contributed by atoms with Gasteiger partial charge in [0.1, 0.15) is 11.5 Å². The minimum atomic E-state index is -1.17. The Morgan fingerprint density at radius 3 is 2.75 bits per heavy atom. The fourth-order valence-electron chi connectivity index (χ4n) is 1.28. The lowest BCUT2D eigenvalue weighted by Crippen LogP contribution is -1.98. The topological polar surface area (TPSA) is 76.2 Å². The molecular weight excluding hydrogens is 215 g/mol. The predicted molar refractivity (Wildman–Crippen MR) is 51.4 cm³/mol. The molecule has 0 fully saturated rings. The number of pyridine rings is 1. The molecule has 5 nitrogen and oxygen atoms in total. The highest BCUT2D eigenvalue weighted by atomic mass is 19.1. The van der Waals surface area contributed by atoms with Crippen LogP contribution in [0.3, 0.4) is 0 Å². The second kappa shape index (κ2) is 3.73. The third-order valence-electron chi connectivity index (χ3n) is 2.09. The van der Waals surface area contributed by atoms with Crippen molar-refractivity contribution in [2.45, 2.75) is 6.92 Å². The molecule has 0 atom stereocenters. The Morgan fingerprint density at radius 1 is 1.50 bits per heavy atom. The molecule has 0 aliphatic rings. The summed E-state index contributed by atoms with van der Waals surface area (Å²) in [6.07, 6.45) is 1.03. The minimum absolute atomic E-state index is 0.166. The lowest BCUT2D eigenvalue weighted by Gasteiger charge is -1.95. The average Bonchev–Trinajstić information content (AvgIpc) is 2.61. The Labute approximate surface area is 89.5 Å². The van der Waals surface area contributed by atoms with Gasteiger partial charge < -0.3 is 9.63 Å². The van der Waals surface area contributed by atoms with Gasteiger partial charge in [-0.1, -0.05) is 5.16 Å². The van der Waals surface area contributed by atoms with Gasteiger partial charge in [0.15, 0.2) is 11.5 Å². The number of aromatic carboxylic acids is 1. The van der Waals surface area contributed by atoms with Crippen molar-refractivity contribution in [1.29, 1.82) is 0 Å². The van der Waals surface area contributed by atoms with Crippen LogP contribution in [-0.4, -0.2) is 21.2 Å². The van der Waals surface area contributed by atoms with Gasteiger partial charge in [-0.25, -0.2) is 14.2 Å². The second-order valence-electron chi connectivity index (χ2n) is 3.15. The summed E-state index contributed by atoms with van der Waals surface area (Å²) in [5.74, 6) is -1.41. The van der Waals surface area contributed by atoms with E-state index in [4.69, 9.17) is 9.63 Å². The van der Waals surface area contributed by atoms with Gasteiger partial charge in [-0.3, -0.25) is 0 Å². The molecule has 82 valence electrons. The van der Waals surface area contributed by atoms with Crippen LogP contribution >= 0.6 is 0 Å². The highest BCUT2D eigenvalue weighted by Gasteiger charge is 2.19. The number of aromatic nitrogens is 2. The number of hydrogen-bond donors (Lipinski definition) is 1. The van der Waals surface area contributed by atoms with Crippen LogP contribution in [0.1, 0.15) is 16.1 Å².